The fourth-order valence-electron chi connectivity index (χ4n) is 3.84. The number of carbonyl (C=O) groups excluding carboxylic acids is 2. The van der Waals surface area contributed by atoms with E-state index in [2.05, 4.69) is 18.1 Å². The zero-order valence-electron chi connectivity index (χ0n) is 21.6. The van der Waals surface area contributed by atoms with Crippen molar-refractivity contribution in [3.05, 3.63) is 33.1 Å². The van der Waals surface area contributed by atoms with Crippen molar-refractivity contribution in [2.45, 2.75) is 69.1 Å². The quantitative estimate of drug-likeness (QED) is 0.0896. The third-order valence-electron chi connectivity index (χ3n) is 5.70. The number of aromatic nitrogens is 2. The van der Waals surface area contributed by atoms with Gasteiger partial charge in [0.1, 0.15) is 43.2 Å². The Hall–Kier alpha value is -2.36. The van der Waals surface area contributed by atoms with Crippen molar-refractivity contribution in [3.63, 3.8) is 0 Å². The molecule has 0 saturated carbocycles. The molecule has 23 heteroatoms. The molecule has 7 N–H and O–H groups in total. The van der Waals surface area contributed by atoms with E-state index in [1.165, 1.54) is 0 Å². The van der Waals surface area contributed by atoms with E-state index in [4.69, 9.17) is 14.2 Å². The highest BCUT2D eigenvalue weighted by Crippen LogP contribution is 2.61. The SMILES string of the molecule is CC(=O)OC[C@H]1O[C@H](OP(=O)(O)OP(=O)(O)OC[C@H]2O[C@@H](n3ccc(=O)[nH]c3=O)[C@H](OC(C)=O)[C@@H]2O)[C@H](O)[C@@H](O)[C@@H]1O. The maximum absolute atomic E-state index is 12.4. The highest BCUT2D eigenvalue weighted by atomic mass is 31.3. The molecule has 3 rings (SSSR count). The summed E-state index contributed by atoms with van der Waals surface area (Å²) in [6, 6.07) is 0.922. The zero-order valence-corrected chi connectivity index (χ0v) is 23.4. The highest BCUT2D eigenvalue weighted by molar-refractivity contribution is 7.61. The largest absolute Gasteiger partial charge is 0.483 e. The van der Waals surface area contributed by atoms with Gasteiger partial charge in [-0.15, -0.1) is 0 Å². The van der Waals surface area contributed by atoms with E-state index in [0.29, 0.717) is 0 Å². The van der Waals surface area contributed by atoms with Crippen molar-refractivity contribution < 1.29 is 81.2 Å². The van der Waals surface area contributed by atoms with Crippen molar-refractivity contribution >= 4 is 27.6 Å². The summed E-state index contributed by atoms with van der Waals surface area (Å²) in [5, 5.41) is 40.5. The highest BCUT2D eigenvalue weighted by Gasteiger charge is 2.51. The number of ether oxygens (including phenoxy) is 4. The van der Waals surface area contributed by atoms with Crippen LogP contribution in [0.5, 0.6) is 0 Å². The van der Waals surface area contributed by atoms with Gasteiger partial charge in [-0.3, -0.25) is 33.0 Å². The first-order valence-corrected chi connectivity index (χ1v) is 14.7. The van der Waals surface area contributed by atoms with Crippen LogP contribution in [0.2, 0.25) is 0 Å². The first-order chi connectivity index (χ1) is 19.4. The molecule has 1 aromatic heterocycles. The Morgan fingerprint density at radius 1 is 0.929 bits per heavy atom. The van der Waals surface area contributed by atoms with Crippen LogP contribution in [-0.4, -0.2) is 114 Å². The normalized spacial score (nSPS) is 34.2. The number of rotatable bonds is 11. The van der Waals surface area contributed by atoms with Crippen LogP contribution < -0.4 is 11.2 Å². The van der Waals surface area contributed by atoms with Crippen molar-refractivity contribution in [2.75, 3.05) is 13.2 Å². The number of hydrogen-bond acceptors (Lipinski definition) is 17. The smallest absolute Gasteiger partial charge is 0.463 e. The molecule has 2 aliphatic rings. The minimum atomic E-state index is -5.68. The Kier molecular flexibility index (Phi) is 11.0. The number of H-pyrrole nitrogens is 1. The summed E-state index contributed by atoms with van der Waals surface area (Å²) in [6.07, 6.45) is -15.5. The van der Waals surface area contributed by atoms with Gasteiger partial charge in [0, 0.05) is 26.1 Å². The van der Waals surface area contributed by atoms with Gasteiger partial charge in [-0.25, -0.2) is 13.9 Å². The number of phosphoric acid groups is 2. The molecule has 1 aromatic rings. The van der Waals surface area contributed by atoms with Crippen LogP contribution in [0.3, 0.4) is 0 Å². The number of nitrogens with zero attached hydrogens (tertiary/aromatic N) is 1. The van der Waals surface area contributed by atoms with Crippen LogP contribution in [0.25, 0.3) is 0 Å². The maximum atomic E-state index is 12.4. The minimum Gasteiger partial charge on any atom is -0.463 e. The number of aliphatic hydroxyl groups is 4. The predicted molar refractivity (Wildman–Crippen MR) is 128 cm³/mol. The van der Waals surface area contributed by atoms with Gasteiger partial charge in [-0.2, -0.15) is 4.31 Å². The van der Waals surface area contributed by atoms with Gasteiger partial charge in [0.15, 0.2) is 18.6 Å². The van der Waals surface area contributed by atoms with Crippen LogP contribution in [0.15, 0.2) is 21.9 Å². The van der Waals surface area contributed by atoms with E-state index in [1.54, 1.807) is 0 Å². The second kappa shape index (κ2) is 13.5. The fraction of sp³-hybridized carbons (Fsp3) is 0.684. The fourth-order valence-corrected chi connectivity index (χ4v) is 6.00. The number of carbonyl (C=O) groups is 2. The van der Waals surface area contributed by atoms with E-state index < -0.39 is 107 Å². The number of nitrogens with one attached hydrogen (secondary N) is 1. The van der Waals surface area contributed by atoms with Gasteiger partial charge >= 0.3 is 33.3 Å². The second-order valence-corrected chi connectivity index (χ2v) is 11.9. The molecule has 0 amide bonds. The van der Waals surface area contributed by atoms with Gasteiger partial charge in [0.25, 0.3) is 5.56 Å². The molecule has 0 aromatic carbocycles. The average Bonchev–Trinajstić information content (AvgIpc) is 3.16. The van der Waals surface area contributed by atoms with Crippen molar-refractivity contribution in [2.24, 2.45) is 0 Å². The summed E-state index contributed by atoms with van der Waals surface area (Å²) < 4.78 is 58.9. The molecule has 42 heavy (non-hydrogen) atoms. The second-order valence-electron chi connectivity index (χ2n) is 8.88. The van der Waals surface area contributed by atoms with Crippen molar-refractivity contribution in [1.82, 2.24) is 9.55 Å². The lowest BCUT2D eigenvalue weighted by Gasteiger charge is -2.39. The first kappa shape index (κ1) is 34.1. The molecule has 0 radical (unpaired) electrons. The van der Waals surface area contributed by atoms with E-state index in [0.717, 1.165) is 30.7 Å². The number of phosphoric ester groups is 2. The molecule has 2 fully saturated rings. The van der Waals surface area contributed by atoms with Crippen LogP contribution in [0.4, 0.5) is 0 Å². The van der Waals surface area contributed by atoms with Gasteiger partial charge in [-0.1, -0.05) is 0 Å². The van der Waals surface area contributed by atoms with Gasteiger partial charge in [-0.05, 0) is 0 Å². The number of hydrogen-bond donors (Lipinski definition) is 7. The summed E-state index contributed by atoms with van der Waals surface area (Å²) in [4.78, 5) is 68.0. The summed E-state index contributed by atoms with van der Waals surface area (Å²) in [6.45, 7) is 0.240. The van der Waals surface area contributed by atoms with Gasteiger partial charge < -0.3 is 49.2 Å². The lowest BCUT2D eigenvalue weighted by atomic mass is 9.99. The Bertz CT molecular complexity index is 1350. The molecule has 11 atom stereocenters. The lowest BCUT2D eigenvalue weighted by molar-refractivity contribution is -0.281. The monoisotopic (exact) mass is 650 g/mol. The Morgan fingerprint density at radius 3 is 2.17 bits per heavy atom. The van der Waals surface area contributed by atoms with Crippen LogP contribution >= 0.6 is 15.6 Å². The third kappa shape index (κ3) is 8.60. The molecule has 3 heterocycles. The Morgan fingerprint density at radius 2 is 1.57 bits per heavy atom. The minimum absolute atomic E-state index is 0.678. The van der Waals surface area contributed by atoms with Crippen LogP contribution in [0.1, 0.15) is 20.1 Å². The summed E-state index contributed by atoms with van der Waals surface area (Å²) in [5.74, 6) is -1.73. The van der Waals surface area contributed by atoms with Crippen molar-refractivity contribution in [1.29, 1.82) is 0 Å². The van der Waals surface area contributed by atoms with Crippen LogP contribution in [-0.2, 0) is 51.0 Å². The topological polar surface area (TPSA) is 309 Å². The average molecular weight is 650 g/mol. The van der Waals surface area contributed by atoms with Gasteiger partial charge in [0.2, 0.25) is 0 Å². The molecular formula is C19H28N2O19P2. The first-order valence-electron chi connectivity index (χ1n) is 11.8. The third-order valence-corrected chi connectivity index (χ3v) is 8.31. The summed E-state index contributed by atoms with van der Waals surface area (Å²) >= 11 is 0. The van der Waals surface area contributed by atoms with E-state index in [9.17, 15) is 58.5 Å². The predicted octanol–water partition coefficient (Wildman–Crippen LogP) is -3.65. The molecule has 2 aliphatic heterocycles. The van der Waals surface area contributed by atoms with E-state index in [1.807, 2.05) is 4.98 Å². The lowest BCUT2D eigenvalue weighted by Crippen LogP contribution is -2.59. The molecule has 238 valence electrons. The maximum Gasteiger partial charge on any atom is 0.483 e. The van der Waals surface area contributed by atoms with Gasteiger partial charge in [0.05, 0.1) is 6.61 Å². The molecule has 21 nitrogen and oxygen atoms in total. The van der Waals surface area contributed by atoms with E-state index in [-0.39, 0.29) is 0 Å². The molecule has 2 unspecified atom stereocenters. The zero-order chi connectivity index (χ0) is 31.6. The molecule has 2 saturated heterocycles. The molecule has 0 spiro atoms. The summed E-state index contributed by atoms with van der Waals surface area (Å²) in [7, 11) is -11.3. The molecule has 0 bridgehead atoms. The summed E-state index contributed by atoms with van der Waals surface area (Å²) in [5.41, 5.74) is -1.79. The Balaban J connectivity index is 1.67. The van der Waals surface area contributed by atoms with Crippen LogP contribution in [0, 0.1) is 0 Å². The number of aromatic amines is 1. The molecule has 0 aliphatic carbocycles. The van der Waals surface area contributed by atoms with Crippen molar-refractivity contribution in [3.8, 4) is 0 Å². The Labute approximate surface area is 234 Å². The number of aliphatic hydroxyl groups excluding tert-OH is 4. The van der Waals surface area contributed by atoms with E-state index >= 15 is 0 Å². The number of esters is 2. The standard InChI is InChI=1S/C19H28N2O19P2/c1-7(22)34-5-9-12(25)14(27)15(28)18(38-9)39-42(32,33)40-41(30,31)35-6-10-13(26)16(36-8(2)23)17(37-10)21-4-3-11(24)20-19(21)29/h3-4,9-10,12-18,25-28H,5-6H2,1-2H3,(H,30,31)(H,32,33)(H,20,24,29)/t9-,10-,12-,13-,14+,15-,16-,17-,18-/m1/s1. The molecular weight excluding hydrogens is 622 g/mol.